The van der Waals surface area contributed by atoms with Crippen LogP contribution in [0.4, 0.5) is 9.59 Å². The van der Waals surface area contributed by atoms with Crippen molar-refractivity contribution in [3.8, 4) is 0 Å². The van der Waals surface area contributed by atoms with E-state index in [1.54, 1.807) is 11.1 Å². The summed E-state index contributed by atoms with van der Waals surface area (Å²) in [5, 5.41) is 6.32. The smallest absolute Gasteiger partial charge is 0.407 e. The number of hydrogen-bond donors (Lipinski definition) is 4. The number of amides is 2. The van der Waals surface area contributed by atoms with Gasteiger partial charge in [0, 0.05) is 51.6 Å². The summed E-state index contributed by atoms with van der Waals surface area (Å²) in [6.07, 6.45) is 36.1. The zero-order valence-electron chi connectivity index (χ0n) is 51.5. The van der Waals surface area contributed by atoms with Crippen LogP contribution >= 0.6 is 0 Å². The van der Waals surface area contributed by atoms with Crippen molar-refractivity contribution in [2.24, 2.45) is 104 Å². The molecule has 8 rings (SSSR count). The lowest BCUT2D eigenvalue weighted by atomic mass is 9.47. The van der Waals surface area contributed by atoms with Gasteiger partial charge in [-0.15, -0.1) is 0 Å². The average Bonchev–Trinajstić information content (AvgIpc) is 3.95. The molecule has 8 aliphatic carbocycles. The van der Waals surface area contributed by atoms with Crippen molar-refractivity contribution in [1.29, 1.82) is 0 Å². The number of ether oxygens (including phenoxy) is 2. The minimum absolute atomic E-state index is 0.0485. The summed E-state index contributed by atoms with van der Waals surface area (Å²) >= 11 is 0. The molecule has 2 amide bonds. The number of carbonyl (C=O) groups is 2. The highest BCUT2D eigenvalue weighted by molar-refractivity contribution is 5.67. The molecule has 6 saturated carbocycles. The molecule has 0 aromatic rings. The summed E-state index contributed by atoms with van der Waals surface area (Å²) in [5.74, 6) is 9.92. The minimum atomic E-state index is -0.270. The zero-order chi connectivity index (χ0) is 55.2. The van der Waals surface area contributed by atoms with Crippen LogP contribution in [0.15, 0.2) is 23.3 Å². The van der Waals surface area contributed by atoms with Gasteiger partial charge in [-0.05, 0) is 196 Å². The first kappa shape index (κ1) is 61.0. The van der Waals surface area contributed by atoms with Gasteiger partial charge in [0.05, 0.1) is 26.2 Å². The first-order chi connectivity index (χ1) is 36.8. The number of allylic oxidation sites excluding steroid dienone is 2. The van der Waals surface area contributed by atoms with Gasteiger partial charge in [-0.2, -0.15) is 0 Å². The molecule has 6 fully saturated rings. The lowest BCUT2D eigenvalue weighted by molar-refractivity contribution is -0.928. The lowest BCUT2D eigenvalue weighted by Gasteiger charge is -2.58. The van der Waals surface area contributed by atoms with E-state index in [9.17, 15) is 9.59 Å². The van der Waals surface area contributed by atoms with Gasteiger partial charge in [-0.3, -0.25) is 0 Å². The van der Waals surface area contributed by atoms with Gasteiger partial charge in [-0.25, -0.2) is 9.59 Å². The third-order valence-electron chi connectivity index (χ3n) is 24.9. The molecule has 0 saturated heterocycles. The fourth-order valence-electron chi connectivity index (χ4n) is 20.6. The van der Waals surface area contributed by atoms with Crippen LogP contribution in [0.1, 0.15) is 236 Å². The lowest BCUT2D eigenvalue weighted by Crippen LogP contribution is -2.53. The molecule has 16 unspecified atom stereocenters. The van der Waals surface area contributed by atoms with Gasteiger partial charge in [0.15, 0.2) is 0 Å². The predicted octanol–water partition coefficient (Wildman–Crippen LogP) is 15.6. The number of nitrogens with two attached hydrogens (primary N) is 2. The maximum Gasteiger partial charge on any atom is 0.407 e. The van der Waals surface area contributed by atoms with E-state index in [4.69, 9.17) is 20.9 Å². The summed E-state index contributed by atoms with van der Waals surface area (Å²) in [6.45, 7) is 31.4. The molecule has 0 radical (unpaired) electrons. The Hall–Kier alpha value is -2.10. The SMILES string of the molecule is CC(C)CCCC(C)C1CCC2C3CC=C4CC(OC(=O)NCCC[N+](CCCN)(CCCN)CCCNC(=O)OC5CCC6(C)C(=CCC7C6CCC6(C)C(C(C)CCCC(C)C)CCC76)C5)CCC4(C)C3CCC12C. The molecule has 0 aromatic heterocycles. The van der Waals surface area contributed by atoms with Crippen molar-refractivity contribution in [2.45, 2.75) is 248 Å². The van der Waals surface area contributed by atoms with Crippen LogP contribution in [0.25, 0.3) is 0 Å². The Morgan fingerprint density at radius 3 is 1.32 bits per heavy atom. The second-order valence-electron chi connectivity index (χ2n) is 30.2. The van der Waals surface area contributed by atoms with Crippen LogP contribution in [0, 0.1) is 92.7 Å². The maximum atomic E-state index is 13.4. The zero-order valence-corrected chi connectivity index (χ0v) is 51.5. The Kier molecular flexibility index (Phi) is 20.9. The largest absolute Gasteiger partial charge is 0.446 e. The molecule has 0 spiro atoms. The van der Waals surface area contributed by atoms with Crippen LogP contribution in [0.3, 0.4) is 0 Å². The highest BCUT2D eigenvalue weighted by Crippen LogP contribution is 2.69. The fraction of sp³-hybridized carbons (Fsp3) is 0.912. The third kappa shape index (κ3) is 13.6. The topological polar surface area (TPSA) is 129 Å². The molecule has 16 atom stereocenters. The number of carbonyl (C=O) groups excluding carboxylic acids is 2. The Morgan fingerprint density at radius 2 is 0.935 bits per heavy atom. The van der Waals surface area contributed by atoms with Gasteiger partial charge in [-0.1, -0.05) is 131 Å². The summed E-state index contributed by atoms with van der Waals surface area (Å²) in [4.78, 5) is 26.8. The molecule has 9 heteroatoms. The van der Waals surface area contributed by atoms with Crippen molar-refractivity contribution in [1.82, 2.24) is 10.6 Å². The second-order valence-corrected chi connectivity index (χ2v) is 30.2. The summed E-state index contributed by atoms with van der Waals surface area (Å²) < 4.78 is 13.3. The Labute approximate surface area is 472 Å². The summed E-state index contributed by atoms with van der Waals surface area (Å²) in [6, 6.07) is 0. The highest BCUT2D eigenvalue weighted by Gasteiger charge is 2.61. The number of quaternary nitrogens is 1. The first-order valence-corrected chi connectivity index (χ1v) is 33.3. The molecule has 6 N–H and O–H groups in total. The van der Waals surface area contributed by atoms with Crippen LogP contribution in [0.2, 0.25) is 0 Å². The number of nitrogens with one attached hydrogen (secondary N) is 2. The van der Waals surface area contributed by atoms with Gasteiger partial charge in [0.25, 0.3) is 0 Å². The highest BCUT2D eigenvalue weighted by atomic mass is 16.6. The molecule has 0 aliphatic heterocycles. The van der Waals surface area contributed by atoms with Gasteiger partial charge in [0.2, 0.25) is 0 Å². The van der Waals surface area contributed by atoms with E-state index < -0.39 is 0 Å². The van der Waals surface area contributed by atoms with Crippen molar-refractivity contribution in [3.63, 3.8) is 0 Å². The minimum Gasteiger partial charge on any atom is -0.446 e. The van der Waals surface area contributed by atoms with Crippen LogP contribution < -0.4 is 22.1 Å². The average molecular weight is 1070 g/mol. The number of fused-ring (bicyclic) bond motifs is 10. The van der Waals surface area contributed by atoms with E-state index in [1.807, 2.05) is 0 Å². The van der Waals surface area contributed by atoms with Crippen molar-refractivity contribution >= 4 is 12.2 Å². The van der Waals surface area contributed by atoms with Crippen LogP contribution in [-0.4, -0.2) is 81.2 Å². The molecule has 0 aromatic carbocycles. The molecule has 440 valence electrons. The van der Waals surface area contributed by atoms with Gasteiger partial charge in [0.1, 0.15) is 12.2 Å². The molecular formula is C68H120N5O4+. The predicted molar refractivity (Wildman–Crippen MR) is 319 cm³/mol. The van der Waals surface area contributed by atoms with E-state index in [0.29, 0.717) is 37.0 Å². The molecule has 8 aliphatic rings. The summed E-state index contributed by atoms with van der Waals surface area (Å²) in [5.41, 5.74) is 16.9. The van der Waals surface area contributed by atoms with Crippen LogP contribution in [-0.2, 0) is 9.47 Å². The van der Waals surface area contributed by atoms with E-state index in [1.165, 1.54) is 103 Å². The molecule has 0 bridgehead atoms. The standard InChI is InChI=1S/C68H119N5O4/c1-47(2)17-11-19-49(5)57-25-27-59-55-23-21-51-45-53(29-33-65(51,7)61(55)31-35-67(57,59)9)76-63(74)71-39-15-43-73(41-13-37-69,42-14-38-70)44-16-40-72-64(75)77-54-30-34-66(8)52(46-54)22-24-56-60-28-26-58(50(6)20-12-18-48(3)4)68(60,10)36-32-62(56)66/h21-22,47-50,53-62H,11-20,23-46,69-70H2,1-10H3,(H-,71,72,74,75)/p+1. The third-order valence-corrected chi connectivity index (χ3v) is 24.9. The van der Waals surface area contributed by atoms with Crippen molar-refractivity contribution < 1.29 is 23.5 Å². The van der Waals surface area contributed by atoms with E-state index in [2.05, 4.69) is 92.0 Å². The Morgan fingerprint density at radius 1 is 0.532 bits per heavy atom. The Bertz CT molecular complexity index is 1850. The molecule has 9 nitrogen and oxygen atoms in total. The quantitative estimate of drug-likeness (QED) is 0.0388. The van der Waals surface area contributed by atoms with Gasteiger partial charge >= 0.3 is 12.2 Å². The number of nitrogens with zero attached hydrogens (tertiary/aromatic N) is 1. The van der Waals surface area contributed by atoms with E-state index in [-0.39, 0.29) is 35.2 Å². The van der Waals surface area contributed by atoms with Crippen molar-refractivity contribution in [3.05, 3.63) is 23.3 Å². The second kappa shape index (κ2) is 26.4. The molecule has 0 heterocycles. The fourth-order valence-corrected chi connectivity index (χ4v) is 20.6. The van der Waals surface area contributed by atoms with Crippen LogP contribution in [0.5, 0.6) is 0 Å². The molecule has 77 heavy (non-hydrogen) atoms. The summed E-state index contributed by atoms with van der Waals surface area (Å²) in [7, 11) is 0. The number of rotatable bonds is 26. The number of alkyl carbamates (subject to hydrolysis) is 2. The first-order valence-electron chi connectivity index (χ1n) is 33.3. The monoisotopic (exact) mass is 1070 g/mol. The van der Waals surface area contributed by atoms with Crippen molar-refractivity contribution in [2.75, 3.05) is 52.4 Å². The normalized spacial score (nSPS) is 37.3. The van der Waals surface area contributed by atoms with E-state index in [0.717, 1.165) is 166 Å². The van der Waals surface area contributed by atoms with E-state index >= 15 is 0 Å². The molecular weight excluding hydrogens is 951 g/mol. The van der Waals surface area contributed by atoms with Gasteiger partial charge < -0.3 is 36.1 Å². The number of hydrogen-bond acceptors (Lipinski definition) is 6. The maximum absolute atomic E-state index is 13.4. The Balaban J connectivity index is 0.759.